The Hall–Kier alpha value is -2.82. The minimum Gasteiger partial charge on any atom is -0.449 e. The number of carbonyl (C=O) groups excluding carboxylic acids is 2. The number of esters is 1. The summed E-state index contributed by atoms with van der Waals surface area (Å²) in [5.74, 6) is -0.793. The van der Waals surface area contributed by atoms with Crippen LogP contribution < -0.4 is 5.32 Å². The van der Waals surface area contributed by atoms with Gasteiger partial charge < -0.3 is 15.0 Å². The highest BCUT2D eigenvalue weighted by Crippen LogP contribution is 2.21. The van der Waals surface area contributed by atoms with E-state index in [0.717, 1.165) is 5.69 Å². The van der Waals surface area contributed by atoms with Gasteiger partial charge in [0.1, 0.15) is 0 Å². The Balaban J connectivity index is 2.16. The van der Waals surface area contributed by atoms with E-state index in [0.29, 0.717) is 11.3 Å². The molecule has 2 rings (SSSR count). The van der Waals surface area contributed by atoms with Crippen molar-refractivity contribution in [3.63, 3.8) is 0 Å². The molecule has 5 heteroatoms. The summed E-state index contributed by atoms with van der Waals surface area (Å²) in [4.78, 5) is 25.6. The summed E-state index contributed by atoms with van der Waals surface area (Å²) >= 11 is 0. The standard InChI is InChI=1S/C18H20N2O3/c1-13(17(21)20(2)3)23-18(22)15-11-7-8-12-16(15)19-14-9-5-4-6-10-14/h4-13,19H,1-3H3/t13-/m1/s1. The lowest BCUT2D eigenvalue weighted by atomic mass is 10.1. The average Bonchev–Trinajstić information content (AvgIpc) is 2.55. The van der Waals surface area contributed by atoms with Gasteiger partial charge in [-0.1, -0.05) is 30.3 Å². The Morgan fingerprint density at radius 1 is 1.00 bits per heavy atom. The van der Waals surface area contributed by atoms with Crippen molar-refractivity contribution in [1.29, 1.82) is 0 Å². The molecule has 0 bridgehead atoms. The number of ether oxygens (including phenoxy) is 1. The van der Waals surface area contributed by atoms with E-state index in [9.17, 15) is 9.59 Å². The van der Waals surface area contributed by atoms with Crippen LogP contribution in [0.4, 0.5) is 11.4 Å². The third-order valence-corrected chi connectivity index (χ3v) is 3.27. The number of nitrogens with one attached hydrogen (secondary N) is 1. The summed E-state index contributed by atoms with van der Waals surface area (Å²) in [5, 5.41) is 3.18. The molecular formula is C18H20N2O3. The number of nitrogens with zero attached hydrogens (tertiary/aromatic N) is 1. The van der Waals surface area contributed by atoms with E-state index in [4.69, 9.17) is 4.74 Å². The predicted molar refractivity (Wildman–Crippen MR) is 89.7 cm³/mol. The predicted octanol–water partition coefficient (Wildman–Crippen LogP) is 3.06. The van der Waals surface area contributed by atoms with Crippen LogP contribution in [-0.2, 0) is 9.53 Å². The molecule has 0 aliphatic heterocycles. The molecule has 1 atom stereocenters. The van der Waals surface area contributed by atoms with Gasteiger partial charge in [0.05, 0.1) is 11.3 Å². The van der Waals surface area contributed by atoms with Gasteiger partial charge in [0.15, 0.2) is 6.10 Å². The molecule has 1 N–H and O–H groups in total. The first-order valence-corrected chi connectivity index (χ1v) is 7.32. The molecule has 2 aromatic carbocycles. The molecule has 0 saturated heterocycles. The molecular weight excluding hydrogens is 292 g/mol. The number of likely N-dealkylation sites (N-methyl/N-ethyl adjacent to an activating group) is 1. The number of para-hydroxylation sites is 2. The van der Waals surface area contributed by atoms with Crippen LogP contribution in [0.25, 0.3) is 0 Å². The SMILES string of the molecule is C[C@@H](OC(=O)c1ccccc1Nc1ccccc1)C(=O)N(C)C. The summed E-state index contributed by atoms with van der Waals surface area (Å²) < 4.78 is 5.27. The van der Waals surface area contributed by atoms with E-state index in [1.807, 2.05) is 36.4 Å². The maximum Gasteiger partial charge on any atom is 0.341 e. The van der Waals surface area contributed by atoms with Gasteiger partial charge in [-0.15, -0.1) is 0 Å². The molecule has 120 valence electrons. The van der Waals surface area contributed by atoms with Crippen molar-refractivity contribution in [2.45, 2.75) is 13.0 Å². The second kappa shape index (κ2) is 7.45. The number of amides is 1. The van der Waals surface area contributed by atoms with E-state index < -0.39 is 12.1 Å². The van der Waals surface area contributed by atoms with Crippen LogP contribution in [-0.4, -0.2) is 37.0 Å². The van der Waals surface area contributed by atoms with E-state index in [-0.39, 0.29) is 5.91 Å². The first-order chi connectivity index (χ1) is 11.0. The quantitative estimate of drug-likeness (QED) is 0.862. The molecule has 5 nitrogen and oxygen atoms in total. The smallest absolute Gasteiger partial charge is 0.341 e. The van der Waals surface area contributed by atoms with Crippen LogP contribution in [0.3, 0.4) is 0 Å². The fourth-order valence-electron chi connectivity index (χ4n) is 2.09. The van der Waals surface area contributed by atoms with Crippen molar-refractivity contribution < 1.29 is 14.3 Å². The Kier molecular flexibility index (Phi) is 5.36. The molecule has 23 heavy (non-hydrogen) atoms. The van der Waals surface area contributed by atoms with Crippen LogP contribution >= 0.6 is 0 Å². The Bertz CT molecular complexity index is 684. The van der Waals surface area contributed by atoms with E-state index in [1.54, 1.807) is 39.2 Å². The summed E-state index contributed by atoms with van der Waals surface area (Å²) in [6, 6.07) is 16.6. The summed E-state index contributed by atoms with van der Waals surface area (Å²) in [6.45, 7) is 1.56. The summed E-state index contributed by atoms with van der Waals surface area (Å²) in [7, 11) is 3.25. The molecule has 0 aliphatic rings. The van der Waals surface area contributed by atoms with Crippen molar-refractivity contribution in [2.24, 2.45) is 0 Å². The lowest BCUT2D eigenvalue weighted by molar-refractivity contribution is -0.137. The van der Waals surface area contributed by atoms with Crippen LogP contribution in [0.1, 0.15) is 17.3 Å². The minimum atomic E-state index is -0.831. The topological polar surface area (TPSA) is 58.6 Å². The van der Waals surface area contributed by atoms with Crippen LogP contribution in [0, 0.1) is 0 Å². The van der Waals surface area contributed by atoms with E-state index in [2.05, 4.69) is 5.32 Å². The third-order valence-electron chi connectivity index (χ3n) is 3.27. The lowest BCUT2D eigenvalue weighted by Gasteiger charge is -2.18. The normalized spacial score (nSPS) is 11.4. The van der Waals surface area contributed by atoms with Gasteiger partial charge in [-0.05, 0) is 31.2 Å². The fraction of sp³-hybridized carbons (Fsp3) is 0.222. The van der Waals surface area contributed by atoms with Gasteiger partial charge in [0.2, 0.25) is 0 Å². The van der Waals surface area contributed by atoms with Crippen molar-refractivity contribution >= 4 is 23.3 Å². The third kappa shape index (κ3) is 4.32. The van der Waals surface area contributed by atoms with Gasteiger partial charge in [-0.25, -0.2) is 4.79 Å². The molecule has 0 aromatic heterocycles. The molecule has 0 unspecified atom stereocenters. The number of carbonyl (C=O) groups is 2. The number of rotatable bonds is 5. The van der Waals surface area contributed by atoms with Gasteiger partial charge in [0.25, 0.3) is 5.91 Å². The van der Waals surface area contributed by atoms with Crippen LogP contribution in [0.2, 0.25) is 0 Å². The molecule has 0 fully saturated rings. The van der Waals surface area contributed by atoms with Crippen molar-refractivity contribution in [1.82, 2.24) is 4.90 Å². The van der Waals surface area contributed by atoms with Crippen molar-refractivity contribution in [3.8, 4) is 0 Å². The van der Waals surface area contributed by atoms with E-state index in [1.165, 1.54) is 4.90 Å². The molecule has 0 saturated carbocycles. The zero-order valence-electron chi connectivity index (χ0n) is 13.4. The second-order valence-corrected chi connectivity index (χ2v) is 5.32. The lowest BCUT2D eigenvalue weighted by Crippen LogP contribution is -2.35. The molecule has 0 radical (unpaired) electrons. The molecule has 0 aliphatic carbocycles. The van der Waals surface area contributed by atoms with Gasteiger partial charge in [-0.2, -0.15) is 0 Å². The second-order valence-electron chi connectivity index (χ2n) is 5.32. The Morgan fingerprint density at radius 3 is 2.26 bits per heavy atom. The van der Waals surface area contributed by atoms with Crippen LogP contribution in [0.15, 0.2) is 54.6 Å². The minimum absolute atomic E-state index is 0.258. The maximum atomic E-state index is 12.4. The van der Waals surface area contributed by atoms with Crippen LogP contribution in [0.5, 0.6) is 0 Å². The highest BCUT2D eigenvalue weighted by molar-refractivity contribution is 5.98. The fourth-order valence-corrected chi connectivity index (χ4v) is 2.09. The molecule has 0 heterocycles. The monoisotopic (exact) mass is 312 g/mol. The molecule has 2 aromatic rings. The van der Waals surface area contributed by atoms with Gasteiger partial charge in [0, 0.05) is 19.8 Å². The zero-order chi connectivity index (χ0) is 16.8. The molecule has 0 spiro atoms. The number of hydrogen-bond donors (Lipinski definition) is 1. The van der Waals surface area contributed by atoms with Crippen molar-refractivity contribution in [2.75, 3.05) is 19.4 Å². The maximum absolute atomic E-state index is 12.4. The average molecular weight is 312 g/mol. The number of anilines is 2. The van der Waals surface area contributed by atoms with Gasteiger partial charge in [-0.3, -0.25) is 4.79 Å². The first-order valence-electron chi connectivity index (χ1n) is 7.32. The van der Waals surface area contributed by atoms with Gasteiger partial charge >= 0.3 is 5.97 Å². The Morgan fingerprint density at radius 2 is 1.61 bits per heavy atom. The highest BCUT2D eigenvalue weighted by atomic mass is 16.5. The number of hydrogen-bond acceptors (Lipinski definition) is 4. The molecule has 1 amide bonds. The summed E-state index contributed by atoms with van der Waals surface area (Å²) in [6.07, 6.45) is -0.831. The summed E-state index contributed by atoms with van der Waals surface area (Å²) in [5.41, 5.74) is 1.88. The highest BCUT2D eigenvalue weighted by Gasteiger charge is 2.21. The van der Waals surface area contributed by atoms with Crippen molar-refractivity contribution in [3.05, 3.63) is 60.2 Å². The largest absolute Gasteiger partial charge is 0.449 e. The zero-order valence-corrected chi connectivity index (χ0v) is 13.4. The van der Waals surface area contributed by atoms with E-state index >= 15 is 0 Å². The number of benzene rings is 2. The first kappa shape index (κ1) is 16.5. The Labute approximate surface area is 135 Å².